The zero-order valence-electron chi connectivity index (χ0n) is 12.2. The Kier molecular flexibility index (Phi) is 4.13. The van der Waals surface area contributed by atoms with Crippen molar-refractivity contribution in [3.8, 4) is 11.3 Å². The molecule has 0 radical (unpaired) electrons. The third kappa shape index (κ3) is 3.04. The molecule has 2 aromatic heterocycles. The van der Waals surface area contributed by atoms with E-state index in [-0.39, 0.29) is 5.69 Å². The summed E-state index contributed by atoms with van der Waals surface area (Å²) in [5.74, 6) is -0.574. The van der Waals surface area contributed by atoms with Crippen LogP contribution in [-0.4, -0.2) is 20.2 Å². The lowest BCUT2D eigenvalue weighted by Crippen LogP contribution is -2.05. The zero-order chi connectivity index (χ0) is 17.3. The molecular weight excluding hydrogens is 376 g/mol. The van der Waals surface area contributed by atoms with Gasteiger partial charge in [-0.2, -0.15) is 0 Å². The fourth-order valence-electron chi connectivity index (χ4n) is 2.31. The van der Waals surface area contributed by atoms with Gasteiger partial charge in [0.1, 0.15) is 5.65 Å². The molecule has 0 atom stereocenters. The van der Waals surface area contributed by atoms with Crippen LogP contribution in [0.2, 0.25) is 0 Å². The van der Waals surface area contributed by atoms with E-state index in [0.717, 1.165) is 4.47 Å². The number of imidazole rings is 1. The van der Waals surface area contributed by atoms with Gasteiger partial charge < -0.3 is 5.73 Å². The summed E-state index contributed by atoms with van der Waals surface area (Å²) in [6.45, 7) is 0. The number of benzene rings is 1. The monoisotopic (exact) mass is 386 g/mol. The summed E-state index contributed by atoms with van der Waals surface area (Å²) in [5.41, 5.74) is 7.81. The summed E-state index contributed by atoms with van der Waals surface area (Å²) in [7, 11) is 0. The maximum absolute atomic E-state index is 11.1. The molecule has 0 fully saturated rings. The van der Waals surface area contributed by atoms with E-state index in [0.29, 0.717) is 22.6 Å². The number of nitro groups is 1. The molecular formula is C16H11BrN4O3. The van der Waals surface area contributed by atoms with E-state index in [1.807, 2.05) is 18.3 Å². The normalized spacial score (nSPS) is 11.2. The number of nitro benzene ring substituents is 1. The lowest BCUT2D eigenvalue weighted by atomic mass is 10.1. The van der Waals surface area contributed by atoms with Gasteiger partial charge in [0.15, 0.2) is 0 Å². The molecule has 0 spiro atoms. The molecule has 0 saturated heterocycles. The summed E-state index contributed by atoms with van der Waals surface area (Å²) in [6.07, 6.45) is 4.64. The summed E-state index contributed by atoms with van der Waals surface area (Å²) in [5, 5.41) is 10.8. The van der Waals surface area contributed by atoms with Gasteiger partial charge in [-0.3, -0.25) is 19.3 Å². The van der Waals surface area contributed by atoms with Crippen LogP contribution in [0.3, 0.4) is 0 Å². The van der Waals surface area contributed by atoms with Gasteiger partial charge >= 0.3 is 0 Å². The number of pyridine rings is 1. The smallest absolute Gasteiger partial charge is 0.269 e. The van der Waals surface area contributed by atoms with Crippen molar-refractivity contribution in [3.63, 3.8) is 0 Å². The van der Waals surface area contributed by atoms with Gasteiger partial charge in [-0.15, -0.1) is 0 Å². The highest BCUT2D eigenvalue weighted by Crippen LogP contribution is 2.28. The van der Waals surface area contributed by atoms with Crippen LogP contribution in [0.1, 0.15) is 5.69 Å². The van der Waals surface area contributed by atoms with Crippen LogP contribution in [0.15, 0.2) is 53.1 Å². The van der Waals surface area contributed by atoms with Crippen LogP contribution in [-0.2, 0) is 4.79 Å². The molecule has 3 rings (SSSR count). The summed E-state index contributed by atoms with van der Waals surface area (Å²) in [4.78, 5) is 26.0. The molecule has 120 valence electrons. The number of carbonyl (C=O) groups excluding carboxylic acids is 1. The molecule has 7 nitrogen and oxygen atoms in total. The molecule has 0 unspecified atom stereocenters. The second-order valence-electron chi connectivity index (χ2n) is 4.96. The van der Waals surface area contributed by atoms with Crippen LogP contribution in [0.5, 0.6) is 0 Å². The zero-order valence-corrected chi connectivity index (χ0v) is 13.8. The molecule has 0 aliphatic carbocycles. The predicted octanol–water partition coefficient (Wildman–Crippen LogP) is 3.17. The predicted molar refractivity (Wildman–Crippen MR) is 93.2 cm³/mol. The van der Waals surface area contributed by atoms with Crippen molar-refractivity contribution in [2.24, 2.45) is 5.73 Å². The van der Waals surface area contributed by atoms with Gasteiger partial charge in [0.25, 0.3) is 5.69 Å². The van der Waals surface area contributed by atoms with E-state index < -0.39 is 10.8 Å². The van der Waals surface area contributed by atoms with Gasteiger partial charge in [0.05, 0.1) is 16.3 Å². The van der Waals surface area contributed by atoms with Gasteiger partial charge in [-0.1, -0.05) is 0 Å². The number of hydrogen-bond acceptors (Lipinski definition) is 4. The van der Waals surface area contributed by atoms with Gasteiger partial charge in [0, 0.05) is 34.4 Å². The molecule has 0 saturated carbocycles. The van der Waals surface area contributed by atoms with Crippen LogP contribution in [0, 0.1) is 10.1 Å². The molecule has 0 aliphatic heterocycles. The summed E-state index contributed by atoms with van der Waals surface area (Å²) in [6, 6.07) is 9.74. The SMILES string of the molecule is NC(=O)/C=C/c1c(-c2ccc([N+](=O)[O-])cc2)nc2ccc(Br)cn12. The van der Waals surface area contributed by atoms with E-state index in [2.05, 4.69) is 20.9 Å². The van der Waals surface area contributed by atoms with E-state index >= 15 is 0 Å². The maximum Gasteiger partial charge on any atom is 0.269 e. The first-order valence-corrected chi connectivity index (χ1v) is 7.65. The Morgan fingerprint density at radius 1 is 1.25 bits per heavy atom. The number of aromatic nitrogens is 2. The van der Waals surface area contributed by atoms with E-state index in [1.54, 1.807) is 22.6 Å². The number of nitrogens with two attached hydrogens (primary N) is 1. The Morgan fingerprint density at radius 2 is 1.96 bits per heavy atom. The van der Waals surface area contributed by atoms with Crippen molar-refractivity contribution in [1.29, 1.82) is 0 Å². The van der Waals surface area contributed by atoms with Crippen molar-refractivity contribution in [3.05, 3.63) is 69.0 Å². The molecule has 0 aliphatic rings. The minimum atomic E-state index is -0.574. The van der Waals surface area contributed by atoms with Gasteiger partial charge in [-0.05, 0) is 46.3 Å². The quantitative estimate of drug-likeness (QED) is 0.422. The maximum atomic E-state index is 11.1. The van der Waals surface area contributed by atoms with E-state index in [9.17, 15) is 14.9 Å². The second kappa shape index (κ2) is 6.25. The molecule has 24 heavy (non-hydrogen) atoms. The van der Waals surface area contributed by atoms with E-state index in [4.69, 9.17) is 5.73 Å². The third-order valence-electron chi connectivity index (χ3n) is 3.38. The fraction of sp³-hybridized carbons (Fsp3) is 0. The van der Waals surface area contributed by atoms with Crippen molar-refractivity contribution >= 4 is 39.2 Å². The Balaban J connectivity index is 2.20. The number of carbonyl (C=O) groups is 1. The number of hydrogen-bond donors (Lipinski definition) is 1. The largest absolute Gasteiger partial charge is 0.366 e. The van der Waals surface area contributed by atoms with Gasteiger partial charge in [-0.25, -0.2) is 4.98 Å². The summed E-state index contributed by atoms with van der Waals surface area (Å²) >= 11 is 3.40. The molecule has 1 aromatic carbocycles. The number of amides is 1. The van der Waals surface area contributed by atoms with Crippen LogP contribution in [0.25, 0.3) is 23.0 Å². The second-order valence-corrected chi connectivity index (χ2v) is 5.88. The number of nitrogens with zero attached hydrogens (tertiary/aromatic N) is 3. The van der Waals surface area contributed by atoms with E-state index in [1.165, 1.54) is 18.2 Å². The average Bonchev–Trinajstić information content (AvgIpc) is 2.90. The first-order chi connectivity index (χ1) is 11.5. The minimum Gasteiger partial charge on any atom is -0.366 e. The Bertz CT molecular complexity index is 977. The van der Waals surface area contributed by atoms with Crippen molar-refractivity contribution in [2.45, 2.75) is 0 Å². The number of halogens is 1. The Labute approximate surface area is 144 Å². The summed E-state index contributed by atoms with van der Waals surface area (Å²) < 4.78 is 2.65. The van der Waals surface area contributed by atoms with Crippen LogP contribution < -0.4 is 5.73 Å². The highest BCUT2D eigenvalue weighted by molar-refractivity contribution is 9.10. The minimum absolute atomic E-state index is 0.000475. The molecule has 1 amide bonds. The molecule has 0 bridgehead atoms. The van der Waals surface area contributed by atoms with Gasteiger partial charge in [0.2, 0.25) is 5.91 Å². The fourth-order valence-corrected chi connectivity index (χ4v) is 2.65. The lowest BCUT2D eigenvalue weighted by molar-refractivity contribution is -0.384. The first kappa shape index (κ1) is 15.9. The third-order valence-corrected chi connectivity index (χ3v) is 3.85. The lowest BCUT2D eigenvalue weighted by Gasteiger charge is -2.01. The number of rotatable bonds is 4. The molecule has 2 heterocycles. The first-order valence-electron chi connectivity index (χ1n) is 6.85. The highest BCUT2D eigenvalue weighted by atomic mass is 79.9. The average molecular weight is 387 g/mol. The Morgan fingerprint density at radius 3 is 2.58 bits per heavy atom. The van der Waals surface area contributed by atoms with Crippen molar-refractivity contribution < 1.29 is 9.72 Å². The van der Waals surface area contributed by atoms with Crippen LogP contribution in [0.4, 0.5) is 5.69 Å². The van der Waals surface area contributed by atoms with Crippen molar-refractivity contribution in [2.75, 3.05) is 0 Å². The standard InChI is InChI=1S/C16H11BrN4O3/c17-11-3-8-15-19-16(10-1-4-12(5-2-10)21(23)24)13(20(15)9-11)6-7-14(18)22/h1-9H,(H2,18,22)/b7-6+. The van der Waals surface area contributed by atoms with Crippen LogP contribution >= 0.6 is 15.9 Å². The van der Waals surface area contributed by atoms with Crippen molar-refractivity contribution in [1.82, 2.24) is 9.38 Å². The molecule has 3 aromatic rings. The number of primary amides is 1. The molecule has 2 N–H and O–H groups in total. The highest BCUT2D eigenvalue weighted by Gasteiger charge is 2.14. The molecule has 8 heteroatoms. The Hall–Kier alpha value is -3.00. The number of non-ortho nitro benzene ring substituents is 1. The number of fused-ring (bicyclic) bond motifs is 1. The topological polar surface area (TPSA) is 104 Å².